The Balaban J connectivity index is 1.56. The summed E-state index contributed by atoms with van der Waals surface area (Å²) < 4.78 is 34.8. The number of ether oxygens (including phenoxy) is 2. The maximum atomic E-state index is 12.7. The summed E-state index contributed by atoms with van der Waals surface area (Å²) in [6, 6.07) is 12.5. The molecule has 8 heteroatoms. The molecule has 0 spiro atoms. The van der Waals surface area contributed by atoms with E-state index < -0.39 is 13.0 Å². The molecule has 1 saturated heterocycles. The molecule has 2 heterocycles. The molecule has 0 atom stereocenters. The predicted molar refractivity (Wildman–Crippen MR) is 99.9 cm³/mol. The van der Waals surface area contributed by atoms with Gasteiger partial charge in [0.2, 0.25) is 5.88 Å². The minimum atomic E-state index is -2.59. The molecule has 28 heavy (non-hydrogen) atoms. The number of piperazine rings is 1. The molecule has 0 aliphatic carbocycles. The molecule has 150 valence electrons. The van der Waals surface area contributed by atoms with Crippen LogP contribution in [0.5, 0.6) is 11.6 Å². The van der Waals surface area contributed by atoms with E-state index >= 15 is 0 Å². The van der Waals surface area contributed by atoms with Crippen molar-refractivity contribution in [1.29, 1.82) is 0 Å². The fraction of sp³-hybridized carbons (Fsp3) is 0.400. The molecule has 0 unspecified atom stereocenters. The van der Waals surface area contributed by atoms with Crippen molar-refractivity contribution < 1.29 is 23.0 Å². The van der Waals surface area contributed by atoms with Gasteiger partial charge in [0.25, 0.3) is 12.3 Å². The fourth-order valence-electron chi connectivity index (χ4n) is 3.11. The van der Waals surface area contributed by atoms with Gasteiger partial charge in [0.05, 0.1) is 7.11 Å². The maximum Gasteiger partial charge on any atom is 0.272 e. The number of para-hydroxylation sites is 1. The average Bonchev–Trinajstić information content (AvgIpc) is 2.73. The molecule has 1 fully saturated rings. The van der Waals surface area contributed by atoms with Gasteiger partial charge in [-0.1, -0.05) is 24.3 Å². The first-order valence-electron chi connectivity index (χ1n) is 9.08. The SMILES string of the molecule is COc1ccccc1CN1CCN(C(=O)c2cccc(OCC(F)F)n2)CC1. The normalized spacial score (nSPS) is 14.9. The molecule has 1 amide bonds. The molecule has 0 radical (unpaired) electrons. The number of rotatable bonds is 7. The van der Waals surface area contributed by atoms with Crippen LogP contribution in [-0.2, 0) is 6.54 Å². The topological polar surface area (TPSA) is 54.9 Å². The number of nitrogens with zero attached hydrogens (tertiary/aromatic N) is 3. The smallest absolute Gasteiger partial charge is 0.272 e. The van der Waals surface area contributed by atoms with Crippen LogP contribution in [0.3, 0.4) is 0 Å². The highest BCUT2D eigenvalue weighted by atomic mass is 19.3. The summed E-state index contributed by atoms with van der Waals surface area (Å²) in [5.74, 6) is 0.659. The van der Waals surface area contributed by atoms with Crippen molar-refractivity contribution in [3.05, 3.63) is 53.7 Å². The lowest BCUT2D eigenvalue weighted by Gasteiger charge is -2.34. The summed E-state index contributed by atoms with van der Waals surface area (Å²) in [5, 5.41) is 0. The van der Waals surface area contributed by atoms with Crippen LogP contribution in [0.2, 0.25) is 0 Å². The second-order valence-electron chi connectivity index (χ2n) is 6.44. The van der Waals surface area contributed by atoms with E-state index in [1.165, 1.54) is 6.07 Å². The Hall–Kier alpha value is -2.74. The summed E-state index contributed by atoms with van der Waals surface area (Å²) in [7, 11) is 1.65. The van der Waals surface area contributed by atoms with Crippen molar-refractivity contribution in [3.63, 3.8) is 0 Å². The first kappa shape index (κ1) is 20.0. The van der Waals surface area contributed by atoms with E-state index in [1.807, 2.05) is 24.3 Å². The number of alkyl halides is 2. The molecule has 1 aromatic carbocycles. The van der Waals surface area contributed by atoms with Crippen molar-refractivity contribution in [3.8, 4) is 11.6 Å². The summed E-state index contributed by atoms with van der Waals surface area (Å²) in [4.78, 5) is 20.7. The molecule has 3 rings (SSSR count). The molecular formula is C20H23F2N3O3. The molecule has 0 bridgehead atoms. The summed E-state index contributed by atoms with van der Waals surface area (Å²) >= 11 is 0. The van der Waals surface area contributed by atoms with Crippen LogP contribution >= 0.6 is 0 Å². The molecule has 1 aliphatic rings. The second-order valence-corrected chi connectivity index (χ2v) is 6.44. The molecule has 0 saturated carbocycles. The zero-order chi connectivity index (χ0) is 19.9. The van der Waals surface area contributed by atoms with Gasteiger partial charge in [-0.3, -0.25) is 9.69 Å². The number of halogens is 2. The molecule has 1 aliphatic heterocycles. The zero-order valence-electron chi connectivity index (χ0n) is 15.7. The third-order valence-electron chi connectivity index (χ3n) is 4.55. The van der Waals surface area contributed by atoms with E-state index in [1.54, 1.807) is 24.1 Å². The van der Waals surface area contributed by atoms with Gasteiger partial charge in [0.1, 0.15) is 11.4 Å². The molecule has 1 aromatic heterocycles. The van der Waals surface area contributed by atoms with Crippen molar-refractivity contribution >= 4 is 5.91 Å². The van der Waals surface area contributed by atoms with Gasteiger partial charge in [-0.05, 0) is 12.1 Å². The van der Waals surface area contributed by atoms with Gasteiger partial charge >= 0.3 is 0 Å². The van der Waals surface area contributed by atoms with Crippen LogP contribution in [0.25, 0.3) is 0 Å². The van der Waals surface area contributed by atoms with Crippen molar-refractivity contribution in [2.24, 2.45) is 0 Å². The number of carbonyl (C=O) groups is 1. The second kappa shape index (κ2) is 9.45. The van der Waals surface area contributed by atoms with E-state index in [-0.39, 0.29) is 17.5 Å². The number of amides is 1. The number of aromatic nitrogens is 1. The molecular weight excluding hydrogens is 368 g/mol. The van der Waals surface area contributed by atoms with E-state index in [0.717, 1.165) is 30.9 Å². The Morgan fingerprint density at radius 1 is 1.11 bits per heavy atom. The minimum Gasteiger partial charge on any atom is -0.496 e. The first-order valence-corrected chi connectivity index (χ1v) is 9.08. The number of carbonyl (C=O) groups excluding carboxylic acids is 1. The minimum absolute atomic E-state index is 0.0287. The Bertz CT molecular complexity index is 796. The summed E-state index contributed by atoms with van der Waals surface area (Å²) in [6.45, 7) is 2.60. The third-order valence-corrected chi connectivity index (χ3v) is 4.55. The highest BCUT2D eigenvalue weighted by molar-refractivity contribution is 5.92. The lowest BCUT2D eigenvalue weighted by Crippen LogP contribution is -2.48. The van der Waals surface area contributed by atoms with E-state index in [2.05, 4.69) is 9.88 Å². The monoisotopic (exact) mass is 391 g/mol. The summed E-state index contributed by atoms with van der Waals surface area (Å²) in [5.41, 5.74) is 1.31. The standard InChI is InChI=1S/C20H23F2N3O3/c1-27-17-7-3-2-5-15(17)13-24-9-11-25(12-10-24)20(26)16-6-4-8-19(23-16)28-14-18(21)22/h2-8,18H,9-14H2,1H3. The Morgan fingerprint density at radius 3 is 2.57 bits per heavy atom. The highest BCUT2D eigenvalue weighted by Crippen LogP contribution is 2.20. The largest absolute Gasteiger partial charge is 0.496 e. The molecule has 0 N–H and O–H groups in total. The molecule has 6 nitrogen and oxygen atoms in total. The predicted octanol–water partition coefficient (Wildman–Crippen LogP) is 2.69. The van der Waals surface area contributed by atoms with Gasteiger partial charge in [0.15, 0.2) is 6.61 Å². The van der Waals surface area contributed by atoms with Gasteiger partial charge in [-0.25, -0.2) is 13.8 Å². The van der Waals surface area contributed by atoms with E-state index in [9.17, 15) is 13.6 Å². The Morgan fingerprint density at radius 2 is 1.86 bits per heavy atom. The van der Waals surface area contributed by atoms with Crippen LogP contribution < -0.4 is 9.47 Å². The number of hydrogen-bond acceptors (Lipinski definition) is 5. The van der Waals surface area contributed by atoms with Crippen molar-refractivity contribution in [1.82, 2.24) is 14.8 Å². The highest BCUT2D eigenvalue weighted by Gasteiger charge is 2.24. The van der Waals surface area contributed by atoms with Crippen LogP contribution in [0.15, 0.2) is 42.5 Å². The van der Waals surface area contributed by atoms with E-state index in [0.29, 0.717) is 13.1 Å². The zero-order valence-corrected chi connectivity index (χ0v) is 15.7. The fourth-order valence-corrected chi connectivity index (χ4v) is 3.11. The number of methoxy groups -OCH3 is 1. The number of pyridine rings is 1. The van der Waals surface area contributed by atoms with Gasteiger partial charge in [0, 0.05) is 44.4 Å². The maximum absolute atomic E-state index is 12.7. The van der Waals surface area contributed by atoms with Crippen molar-refractivity contribution in [2.75, 3.05) is 39.9 Å². The lowest BCUT2D eigenvalue weighted by atomic mass is 10.1. The number of benzene rings is 1. The first-order chi connectivity index (χ1) is 13.6. The van der Waals surface area contributed by atoms with E-state index in [4.69, 9.17) is 9.47 Å². The Kier molecular flexibility index (Phi) is 6.76. The van der Waals surface area contributed by atoms with Crippen LogP contribution in [0.1, 0.15) is 16.1 Å². The quantitative estimate of drug-likeness (QED) is 0.727. The van der Waals surface area contributed by atoms with Gasteiger partial charge in [-0.15, -0.1) is 0 Å². The lowest BCUT2D eigenvalue weighted by molar-refractivity contribution is 0.0617. The average molecular weight is 391 g/mol. The van der Waals surface area contributed by atoms with Gasteiger partial charge in [-0.2, -0.15) is 0 Å². The van der Waals surface area contributed by atoms with Crippen molar-refractivity contribution in [2.45, 2.75) is 13.0 Å². The summed E-state index contributed by atoms with van der Waals surface area (Å²) in [6.07, 6.45) is -2.59. The van der Waals surface area contributed by atoms with Gasteiger partial charge < -0.3 is 14.4 Å². The number of hydrogen-bond donors (Lipinski definition) is 0. The van der Waals surface area contributed by atoms with Crippen LogP contribution in [-0.4, -0.2) is 67.0 Å². The third kappa shape index (κ3) is 5.16. The molecule has 2 aromatic rings. The van der Waals surface area contributed by atoms with Crippen LogP contribution in [0.4, 0.5) is 8.78 Å². The Labute approximate surface area is 162 Å². The van der Waals surface area contributed by atoms with Crippen LogP contribution in [0, 0.1) is 0 Å².